The van der Waals surface area contributed by atoms with Crippen molar-refractivity contribution in [2.24, 2.45) is 0 Å². The van der Waals surface area contributed by atoms with Crippen molar-refractivity contribution < 1.29 is 27.4 Å². The van der Waals surface area contributed by atoms with Crippen molar-refractivity contribution in [2.45, 2.75) is 71.1 Å². The average Bonchev–Trinajstić information content (AvgIpc) is 2.90. The molecule has 2 atom stereocenters. The van der Waals surface area contributed by atoms with Crippen LogP contribution in [0.5, 0.6) is 5.75 Å². The van der Waals surface area contributed by atoms with E-state index in [9.17, 15) is 22.7 Å². The molecule has 3 N–H and O–H groups in total. The summed E-state index contributed by atoms with van der Waals surface area (Å²) in [4.78, 5) is 17.1. The summed E-state index contributed by atoms with van der Waals surface area (Å²) >= 11 is 0. The first-order chi connectivity index (χ1) is 18.7. The fraction of sp³-hybridized carbons (Fsp3) is 0.571. The first-order valence-electron chi connectivity index (χ1n) is 13.7. The topological polar surface area (TPSA) is 121 Å². The van der Waals surface area contributed by atoms with Crippen molar-refractivity contribution in [2.75, 3.05) is 32.0 Å². The van der Waals surface area contributed by atoms with Gasteiger partial charge in [0.1, 0.15) is 11.6 Å². The second-order valence-corrected chi connectivity index (χ2v) is 12.0. The molecule has 11 heteroatoms. The molecule has 2 heterocycles. The lowest BCUT2D eigenvalue weighted by Crippen LogP contribution is -2.49. The molecule has 2 aromatic rings. The maximum atomic E-state index is 14.4. The normalized spacial score (nSPS) is 20.1. The molecule has 0 spiro atoms. The fourth-order valence-corrected chi connectivity index (χ4v) is 6.12. The summed E-state index contributed by atoms with van der Waals surface area (Å²) in [5, 5.41) is 17.0. The number of ether oxygens (including phenoxy) is 1. The van der Waals surface area contributed by atoms with Gasteiger partial charge >= 0.3 is 0 Å². The molecule has 2 bridgehead atoms. The molecule has 0 aliphatic carbocycles. The molecule has 1 aromatic heterocycles. The van der Waals surface area contributed by atoms with Crippen LogP contribution in [0.1, 0.15) is 56.2 Å². The SMILES string of the molecule is CCCN1CCCCOc2cc(F)cc(c2)CC(C(O)CNCc2cncc(CC)c2)NC(=O)CCS1(=O)=O. The third-order valence-corrected chi connectivity index (χ3v) is 8.54. The second-order valence-electron chi connectivity index (χ2n) is 9.95. The van der Waals surface area contributed by atoms with Gasteiger partial charge in [0.25, 0.3) is 0 Å². The highest BCUT2D eigenvalue weighted by Gasteiger charge is 2.26. The Labute approximate surface area is 231 Å². The Bertz CT molecular complexity index is 1180. The molecular formula is C28H41FN4O5S. The first kappa shape index (κ1) is 30.9. The maximum Gasteiger partial charge on any atom is 0.221 e. The van der Waals surface area contributed by atoms with Gasteiger partial charge in [0.05, 0.1) is 24.5 Å². The van der Waals surface area contributed by atoms with Gasteiger partial charge in [-0.3, -0.25) is 9.78 Å². The molecule has 0 fully saturated rings. The Hall–Kier alpha value is -2.60. The predicted octanol–water partition coefficient (Wildman–Crippen LogP) is 2.57. The smallest absolute Gasteiger partial charge is 0.221 e. The minimum atomic E-state index is -3.62. The molecule has 216 valence electrons. The van der Waals surface area contributed by atoms with Crippen molar-refractivity contribution in [1.29, 1.82) is 0 Å². The van der Waals surface area contributed by atoms with Gasteiger partial charge in [0.15, 0.2) is 0 Å². The molecule has 1 amide bonds. The number of rotatable bonds is 8. The largest absolute Gasteiger partial charge is 0.493 e. The molecule has 0 saturated heterocycles. The molecule has 2 unspecified atom stereocenters. The first-order valence-corrected chi connectivity index (χ1v) is 15.3. The highest BCUT2D eigenvalue weighted by molar-refractivity contribution is 7.89. The predicted molar refractivity (Wildman–Crippen MR) is 148 cm³/mol. The summed E-state index contributed by atoms with van der Waals surface area (Å²) in [6, 6.07) is 5.62. The molecule has 39 heavy (non-hydrogen) atoms. The lowest BCUT2D eigenvalue weighted by Gasteiger charge is -2.26. The number of aromatic nitrogens is 1. The number of amides is 1. The highest BCUT2D eigenvalue weighted by atomic mass is 32.2. The van der Waals surface area contributed by atoms with E-state index in [0.29, 0.717) is 56.8 Å². The zero-order chi connectivity index (χ0) is 28.3. The van der Waals surface area contributed by atoms with Gasteiger partial charge in [-0.15, -0.1) is 0 Å². The van der Waals surface area contributed by atoms with Crippen molar-refractivity contribution in [3.8, 4) is 5.75 Å². The quantitative estimate of drug-likeness (QED) is 0.451. The molecule has 3 rings (SSSR count). The minimum Gasteiger partial charge on any atom is -0.493 e. The number of fused-ring (bicyclic) bond motifs is 2. The number of aryl methyl sites for hydroxylation is 1. The number of hydrogen-bond donors (Lipinski definition) is 3. The number of benzene rings is 1. The van der Waals surface area contributed by atoms with Crippen LogP contribution in [-0.2, 0) is 34.2 Å². The summed E-state index contributed by atoms with van der Waals surface area (Å²) in [5.74, 6) is -0.916. The summed E-state index contributed by atoms with van der Waals surface area (Å²) in [6.45, 7) is 5.62. The lowest BCUT2D eigenvalue weighted by atomic mass is 10.00. The van der Waals surface area contributed by atoms with Crippen LogP contribution in [0.25, 0.3) is 0 Å². The molecule has 9 nitrogen and oxygen atoms in total. The van der Waals surface area contributed by atoms with Crippen LogP contribution in [-0.4, -0.2) is 72.9 Å². The van der Waals surface area contributed by atoms with Gasteiger partial charge in [-0.25, -0.2) is 17.1 Å². The van der Waals surface area contributed by atoms with Crippen LogP contribution in [0.3, 0.4) is 0 Å². The standard InChI is InChI=1S/C28H41FN4O5S/c1-3-8-33-9-5-6-10-38-25-14-22(13-24(29)16-25)15-26(32-28(35)7-11-39(33,36)37)27(34)20-31-19-23-12-21(4-2)17-30-18-23/h12-14,16-18,26-27,31,34H,3-11,15,19-20H2,1-2H3,(H,32,35). The lowest BCUT2D eigenvalue weighted by molar-refractivity contribution is -0.122. The number of halogens is 1. The number of aliphatic hydroxyl groups excluding tert-OH is 1. The van der Waals surface area contributed by atoms with Gasteiger partial charge in [0.2, 0.25) is 15.9 Å². The van der Waals surface area contributed by atoms with E-state index in [4.69, 9.17) is 4.74 Å². The van der Waals surface area contributed by atoms with Gasteiger partial charge in [-0.2, -0.15) is 0 Å². The zero-order valence-corrected chi connectivity index (χ0v) is 23.7. The molecule has 0 saturated carbocycles. The number of carbonyl (C=O) groups excluding carboxylic acids is 1. The van der Waals surface area contributed by atoms with Crippen LogP contribution >= 0.6 is 0 Å². The van der Waals surface area contributed by atoms with Crippen molar-refractivity contribution >= 4 is 15.9 Å². The third-order valence-electron chi connectivity index (χ3n) is 6.66. The van der Waals surface area contributed by atoms with E-state index in [2.05, 4.69) is 15.6 Å². The Morgan fingerprint density at radius 3 is 2.77 bits per heavy atom. The fourth-order valence-electron chi connectivity index (χ4n) is 4.55. The van der Waals surface area contributed by atoms with Gasteiger partial charge < -0.3 is 20.5 Å². The van der Waals surface area contributed by atoms with Crippen LogP contribution in [0.15, 0.2) is 36.7 Å². The Morgan fingerprint density at radius 1 is 1.21 bits per heavy atom. The van der Waals surface area contributed by atoms with Crippen molar-refractivity contribution in [3.05, 3.63) is 59.2 Å². The van der Waals surface area contributed by atoms with Gasteiger partial charge in [-0.1, -0.05) is 19.9 Å². The number of nitrogens with one attached hydrogen (secondary N) is 2. The second kappa shape index (κ2) is 15.3. The highest BCUT2D eigenvalue weighted by Crippen LogP contribution is 2.20. The van der Waals surface area contributed by atoms with Crippen molar-refractivity contribution in [1.82, 2.24) is 19.9 Å². The summed E-state index contributed by atoms with van der Waals surface area (Å²) in [6.07, 6.45) is 5.18. The molecule has 1 aromatic carbocycles. The summed E-state index contributed by atoms with van der Waals surface area (Å²) in [7, 11) is -3.62. The van der Waals surface area contributed by atoms with Gasteiger partial charge in [0, 0.05) is 51.1 Å². The zero-order valence-electron chi connectivity index (χ0n) is 22.9. The van der Waals surface area contributed by atoms with E-state index >= 15 is 0 Å². The number of nitrogens with zero attached hydrogens (tertiary/aromatic N) is 2. The van der Waals surface area contributed by atoms with E-state index < -0.39 is 33.9 Å². The Kier molecular flexibility index (Phi) is 12.1. The Balaban J connectivity index is 1.76. The number of pyridine rings is 1. The van der Waals surface area contributed by atoms with E-state index in [1.165, 1.54) is 16.4 Å². The van der Waals surface area contributed by atoms with E-state index in [-0.39, 0.29) is 25.1 Å². The summed E-state index contributed by atoms with van der Waals surface area (Å²) in [5.41, 5.74) is 2.64. The molecule has 1 aliphatic heterocycles. The summed E-state index contributed by atoms with van der Waals surface area (Å²) < 4.78 is 47.5. The number of hydrogen-bond acceptors (Lipinski definition) is 7. The molecule has 0 radical (unpaired) electrons. The minimum absolute atomic E-state index is 0.143. The average molecular weight is 565 g/mol. The van der Waals surface area contributed by atoms with Crippen LogP contribution < -0.4 is 15.4 Å². The van der Waals surface area contributed by atoms with Crippen LogP contribution in [0.2, 0.25) is 0 Å². The monoisotopic (exact) mass is 564 g/mol. The van der Waals surface area contributed by atoms with E-state index in [1.54, 1.807) is 12.3 Å². The maximum absolute atomic E-state index is 14.4. The molecule has 1 aliphatic rings. The number of sulfonamides is 1. The van der Waals surface area contributed by atoms with E-state index in [1.807, 2.05) is 26.1 Å². The van der Waals surface area contributed by atoms with Crippen molar-refractivity contribution in [3.63, 3.8) is 0 Å². The van der Waals surface area contributed by atoms with E-state index in [0.717, 1.165) is 17.5 Å². The Morgan fingerprint density at radius 2 is 2.00 bits per heavy atom. The molecular weight excluding hydrogens is 523 g/mol. The van der Waals surface area contributed by atoms with Crippen LogP contribution in [0, 0.1) is 5.82 Å². The number of carbonyl (C=O) groups is 1. The third kappa shape index (κ3) is 10.1. The van der Waals surface area contributed by atoms with Crippen LogP contribution in [0.4, 0.5) is 4.39 Å². The van der Waals surface area contributed by atoms with Gasteiger partial charge in [-0.05, 0) is 60.9 Å². The number of aliphatic hydroxyl groups is 1.